The van der Waals surface area contributed by atoms with Crippen molar-refractivity contribution in [2.75, 3.05) is 0 Å². The fourth-order valence-corrected chi connectivity index (χ4v) is 10.1. The van der Waals surface area contributed by atoms with Crippen LogP contribution in [0.4, 0.5) is 0 Å². The third kappa shape index (κ3) is 3.21. The van der Waals surface area contributed by atoms with Crippen molar-refractivity contribution in [2.24, 2.45) is 39.9 Å². The van der Waals surface area contributed by atoms with E-state index < -0.39 is 0 Å². The highest BCUT2D eigenvalue weighted by Crippen LogP contribution is 2.72. The van der Waals surface area contributed by atoms with Crippen LogP contribution >= 0.6 is 0 Å². The molecule has 0 aromatic carbocycles. The number of aromatic amines is 1. The largest absolute Gasteiger partial charge is 0.282 e. The number of hydrogen-bond acceptors (Lipinski definition) is 1. The second-order valence-corrected chi connectivity index (χ2v) is 14.3. The standard InChI is InChI=1S/C31H50N2/c1-20(2)10-9-11-21(3)23-14-16-31(8)25-12-13-26-28(4,5)27-22(19-32-33-27)18-29(26,6)24(25)15-17-30(23,31)7/h19-21,23,26H,9-18H2,1-8H3,(H,32,33)/t21-,23+,26+,29-,30-,31+/m1/s1. The Balaban J connectivity index is 1.48. The first-order chi connectivity index (χ1) is 15.4. The summed E-state index contributed by atoms with van der Waals surface area (Å²) in [5.41, 5.74) is 8.07. The molecule has 0 saturated heterocycles. The van der Waals surface area contributed by atoms with Gasteiger partial charge >= 0.3 is 0 Å². The lowest BCUT2D eigenvalue weighted by molar-refractivity contribution is 0.0136. The summed E-state index contributed by atoms with van der Waals surface area (Å²) >= 11 is 0. The van der Waals surface area contributed by atoms with Crippen molar-refractivity contribution in [1.82, 2.24) is 10.2 Å². The second kappa shape index (κ2) is 7.72. The molecule has 184 valence electrons. The summed E-state index contributed by atoms with van der Waals surface area (Å²) in [6, 6.07) is 0. The molecule has 33 heavy (non-hydrogen) atoms. The minimum absolute atomic E-state index is 0.183. The Hall–Kier alpha value is -1.05. The lowest BCUT2D eigenvalue weighted by atomic mass is 9.43. The topological polar surface area (TPSA) is 28.7 Å². The van der Waals surface area contributed by atoms with Gasteiger partial charge in [-0.1, -0.05) is 85.8 Å². The van der Waals surface area contributed by atoms with E-state index in [-0.39, 0.29) is 5.41 Å². The van der Waals surface area contributed by atoms with Gasteiger partial charge < -0.3 is 0 Å². The summed E-state index contributed by atoms with van der Waals surface area (Å²) in [6.45, 7) is 20.4. The van der Waals surface area contributed by atoms with Crippen LogP contribution in [0, 0.1) is 39.9 Å². The van der Waals surface area contributed by atoms with Gasteiger partial charge in [0.25, 0.3) is 0 Å². The van der Waals surface area contributed by atoms with E-state index in [1.807, 2.05) is 11.1 Å². The van der Waals surface area contributed by atoms with E-state index in [4.69, 9.17) is 0 Å². The SMILES string of the molecule is CC(C)CCC[C@@H](C)[C@@H]1CC[C@@]2(C)C3=C(CC[C@]12C)[C@@]1(C)Cc2cn[nH]c2C(C)(C)[C@@H]1CC3. The van der Waals surface area contributed by atoms with Crippen LogP contribution in [0.3, 0.4) is 0 Å². The van der Waals surface area contributed by atoms with Gasteiger partial charge in [-0.15, -0.1) is 0 Å². The smallest absolute Gasteiger partial charge is 0.0522 e. The highest BCUT2D eigenvalue weighted by atomic mass is 15.1. The quantitative estimate of drug-likeness (QED) is 0.447. The number of rotatable bonds is 5. The molecular formula is C31H50N2. The molecular weight excluding hydrogens is 400 g/mol. The Bertz CT molecular complexity index is 934. The predicted molar refractivity (Wildman–Crippen MR) is 139 cm³/mol. The number of hydrogen-bond donors (Lipinski definition) is 1. The van der Waals surface area contributed by atoms with Crippen molar-refractivity contribution in [1.29, 1.82) is 0 Å². The van der Waals surface area contributed by atoms with Crippen LogP contribution in [-0.2, 0) is 11.8 Å². The summed E-state index contributed by atoms with van der Waals surface area (Å²) in [5, 5.41) is 7.89. The average molecular weight is 451 g/mol. The van der Waals surface area contributed by atoms with Crippen LogP contribution in [0.25, 0.3) is 0 Å². The molecule has 1 heterocycles. The average Bonchev–Trinajstić information content (AvgIpc) is 3.30. The van der Waals surface area contributed by atoms with E-state index in [2.05, 4.69) is 71.8 Å². The zero-order valence-corrected chi connectivity index (χ0v) is 22.9. The number of H-pyrrole nitrogens is 1. The van der Waals surface area contributed by atoms with Gasteiger partial charge in [0.2, 0.25) is 0 Å². The lowest BCUT2D eigenvalue weighted by Gasteiger charge is -2.61. The predicted octanol–water partition coefficient (Wildman–Crippen LogP) is 8.64. The zero-order valence-electron chi connectivity index (χ0n) is 22.9. The minimum Gasteiger partial charge on any atom is -0.282 e. The van der Waals surface area contributed by atoms with Gasteiger partial charge in [-0.25, -0.2) is 0 Å². The van der Waals surface area contributed by atoms with E-state index in [1.54, 1.807) is 0 Å². The fraction of sp³-hybridized carbons (Fsp3) is 0.839. The normalized spacial score (nSPS) is 40.3. The first-order valence-corrected chi connectivity index (χ1v) is 14.2. The van der Waals surface area contributed by atoms with E-state index in [0.29, 0.717) is 16.2 Å². The van der Waals surface area contributed by atoms with Gasteiger partial charge in [0.05, 0.1) is 6.20 Å². The molecule has 0 unspecified atom stereocenters. The van der Waals surface area contributed by atoms with Crippen LogP contribution in [0.2, 0.25) is 0 Å². The molecule has 0 radical (unpaired) electrons. The number of nitrogens with zero attached hydrogens (tertiary/aromatic N) is 1. The minimum atomic E-state index is 0.183. The number of aromatic nitrogens is 2. The van der Waals surface area contributed by atoms with E-state index in [9.17, 15) is 0 Å². The van der Waals surface area contributed by atoms with Gasteiger partial charge in [-0.2, -0.15) is 5.10 Å². The summed E-state index contributed by atoms with van der Waals surface area (Å²) in [5.74, 6) is 3.33. The van der Waals surface area contributed by atoms with Crippen molar-refractivity contribution in [2.45, 2.75) is 125 Å². The number of nitrogens with one attached hydrogen (secondary N) is 1. The van der Waals surface area contributed by atoms with E-state index in [1.165, 1.54) is 75.5 Å². The molecule has 1 fully saturated rings. The first-order valence-electron chi connectivity index (χ1n) is 14.2. The molecule has 0 aliphatic heterocycles. The molecule has 2 nitrogen and oxygen atoms in total. The molecule has 4 aliphatic carbocycles. The van der Waals surface area contributed by atoms with E-state index >= 15 is 0 Å². The van der Waals surface area contributed by atoms with Crippen molar-refractivity contribution < 1.29 is 0 Å². The van der Waals surface area contributed by atoms with Crippen LogP contribution in [0.1, 0.15) is 124 Å². The molecule has 5 rings (SSSR count). The molecule has 0 amide bonds. The van der Waals surface area contributed by atoms with Crippen molar-refractivity contribution in [3.8, 4) is 0 Å². The second-order valence-electron chi connectivity index (χ2n) is 14.3. The van der Waals surface area contributed by atoms with Crippen LogP contribution in [-0.4, -0.2) is 10.2 Å². The third-order valence-corrected chi connectivity index (χ3v) is 12.0. The maximum atomic E-state index is 4.49. The molecule has 4 aliphatic rings. The van der Waals surface area contributed by atoms with Crippen molar-refractivity contribution in [3.63, 3.8) is 0 Å². The van der Waals surface area contributed by atoms with Gasteiger partial charge in [-0.3, -0.25) is 5.10 Å². The van der Waals surface area contributed by atoms with Crippen molar-refractivity contribution in [3.05, 3.63) is 28.6 Å². The molecule has 1 N–H and O–H groups in total. The first kappa shape index (κ1) is 23.7. The molecule has 1 saturated carbocycles. The molecule has 6 atom stereocenters. The van der Waals surface area contributed by atoms with Crippen LogP contribution in [0.5, 0.6) is 0 Å². The van der Waals surface area contributed by atoms with Gasteiger partial charge in [0.15, 0.2) is 0 Å². The lowest BCUT2D eigenvalue weighted by Crippen LogP contribution is -2.53. The molecule has 0 bridgehead atoms. The fourth-order valence-electron chi connectivity index (χ4n) is 10.1. The van der Waals surface area contributed by atoms with Gasteiger partial charge in [0, 0.05) is 11.1 Å². The summed E-state index contributed by atoms with van der Waals surface area (Å²) < 4.78 is 0. The van der Waals surface area contributed by atoms with E-state index in [0.717, 1.165) is 23.7 Å². The van der Waals surface area contributed by atoms with Crippen LogP contribution < -0.4 is 0 Å². The van der Waals surface area contributed by atoms with Gasteiger partial charge in [-0.05, 0) is 90.4 Å². The van der Waals surface area contributed by atoms with Gasteiger partial charge in [0.1, 0.15) is 0 Å². The summed E-state index contributed by atoms with van der Waals surface area (Å²) in [4.78, 5) is 0. The Morgan fingerprint density at radius 1 is 0.970 bits per heavy atom. The monoisotopic (exact) mass is 450 g/mol. The number of allylic oxidation sites excluding steroid dienone is 2. The Morgan fingerprint density at radius 2 is 1.73 bits per heavy atom. The third-order valence-electron chi connectivity index (χ3n) is 12.0. The maximum absolute atomic E-state index is 4.49. The van der Waals surface area contributed by atoms with Crippen molar-refractivity contribution >= 4 is 0 Å². The Labute approximate surface area is 203 Å². The highest BCUT2D eigenvalue weighted by molar-refractivity contribution is 5.44. The van der Waals surface area contributed by atoms with Crippen LogP contribution in [0.15, 0.2) is 17.3 Å². The molecule has 1 aromatic heterocycles. The molecule has 2 heteroatoms. The maximum Gasteiger partial charge on any atom is 0.0522 e. The Kier molecular flexibility index (Phi) is 5.54. The summed E-state index contributed by atoms with van der Waals surface area (Å²) in [7, 11) is 0. The zero-order chi connectivity index (χ0) is 23.8. The molecule has 1 aromatic rings. The Morgan fingerprint density at radius 3 is 2.45 bits per heavy atom. The molecule has 0 spiro atoms. The number of fused-ring (bicyclic) bond motifs is 5. The summed E-state index contributed by atoms with van der Waals surface area (Å²) in [6.07, 6.45) is 15.9. The highest BCUT2D eigenvalue weighted by Gasteiger charge is 2.63.